The van der Waals surface area contributed by atoms with E-state index in [-0.39, 0.29) is 35.5 Å². The Labute approximate surface area is 311 Å². The van der Waals surface area contributed by atoms with Crippen molar-refractivity contribution in [3.63, 3.8) is 0 Å². The number of rotatable bonds is 13. The number of imide groups is 1. The number of nitrogens with zero attached hydrogens (tertiary/aromatic N) is 1. The average molecular weight is 728 g/mol. The fraction of sp³-hybridized carbons (Fsp3) is 0.209. The van der Waals surface area contributed by atoms with Gasteiger partial charge in [0, 0.05) is 0 Å². The number of aliphatic hydroxyl groups excluding tert-OH is 1. The molecular weight excluding hydrogens is 690 g/mol. The summed E-state index contributed by atoms with van der Waals surface area (Å²) in [6, 6.07) is 40.0. The molecular formula is C43H37NO10. The lowest BCUT2D eigenvalue weighted by Gasteiger charge is -2.48. The molecule has 1 fully saturated rings. The molecule has 0 bridgehead atoms. The van der Waals surface area contributed by atoms with E-state index in [9.17, 15) is 24.3 Å². The van der Waals surface area contributed by atoms with Crippen molar-refractivity contribution in [3.05, 3.63) is 179 Å². The quantitative estimate of drug-likeness (QED) is 0.120. The molecule has 1 saturated heterocycles. The van der Waals surface area contributed by atoms with E-state index >= 15 is 0 Å². The molecule has 0 aliphatic carbocycles. The van der Waals surface area contributed by atoms with Gasteiger partial charge >= 0.3 is 11.9 Å². The van der Waals surface area contributed by atoms with Gasteiger partial charge in [0.1, 0.15) is 31.0 Å². The maximum absolute atomic E-state index is 13.9. The van der Waals surface area contributed by atoms with Crippen molar-refractivity contribution < 1.29 is 48.0 Å². The zero-order valence-corrected chi connectivity index (χ0v) is 29.0. The van der Waals surface area contributed by atoms with E-state index in [1.54, 1.807) is 72.8 Å². The third-order valence-corrected chi connectivity index (χ3v) is 9.29. The lowest BCUT2D eigenvalue weighted by atomic mass is 9.91. The molecule has 5 aromatic carbocycles. The lowest BCUT2D eigenvalue weighted by Crippen LogP contribution is -2.68. The molecule has 11 nitrogen and oxygen atoms in total. The molecule has 0 spiro atoms. The van der Waals surface area contributed by atoms with Crippen LogP contribution in [0.2, 0.25) is 0 Å². The minimum absolute atomic E-state index is 0.00462. The molecule has 1 N–H and O–H groups in total. The normalized spacial score (nSPS) is 21.3. The van der Waals surface area contributed by atoms with E-state index in [0.29, 0.717) is 0 Å². The zero-order chi connectivity index (χ0) is 37.4. The third kappa shape index (κ3) is 7.99. The summed E-state index contributed by atoms with van der Waals surface area (Å²) in [5, 5.41) is 11.9. The molecule has 2 aliphatic rings. The smallest absolute Gasteiger partial charge is 0.338 e. The van der Waals surface area contributed by atoms with Gasteiger partial charge in [-0.25, -0.2) is 9.59 Å². The first kappa shape index (κ1) is 36.4. The highest BCUT2D eigenvalue weighted by atomic mass is 16.7. The number of amides is 2. The standard InChI is InChI=1S/C43H37NO10/c45-39-32-23-13-14-24-33(32)40(46)44(39)35-37(50-25-28-15-5-1-6-16-28)38(51-26-29-17-7-2-8-18-29)36(54-43(35)49)34(53-42(48)31-21-11-4-12-22-31)27-52-41(47)30-19-9-3-10-20-30/h1-24,34-38,43,49H,25-27H2/t34-,35?,36?,37?,38?,43?/m1/s1. The predicted octanol–water partition coefficient (Wildman–Crippen LogP) is 5.62. The molecule has 54 heavy (non-hydrogen) atoms. The van der Waals surface area contributed by atoms with Gasteiger partial charge < -0.3 is 28.8 Å². The van der Waals surface area contributed by atoms with Crippen LogP contribution in [0.15, 0.2) is 146 Å². The van der Waals surface area contributed by atoms with Gasteiger partial charge in [0.05, 0.1) is 35.5 Å². The highest BCUT2D eigenvalue weighted by Crippen LogP contribution is 2.36. The SMILES string of the molecule is O=C(OC[C@@H](OC(=O)c1ccccc1)C1OC(O)C(N2C(=O)c3ccccc3C2=O)C(OCc2ccccc2)C1OCc1ccccc1)c1ccccc1. The molecule has 0 aromatic heterocycles. The predicted molar refractivity (Wildman–Crippen MR) is 194 cm³/mol. The first-order chi connectivity index (χ1) is 26.4. The number of fused-ring (bicyclic) bond motifs is 1. The third-order valence-electron chi connectivity index (χ3n) is 9.29. The number of carbonyl (C=O) groups is 4. The maximum atomic E-state index is 13.9. The van der Waals surface area contributed by atoms with Gasteiger partial charge in [-0.3, -0.25) is 14.5 Å². The second-order valence-electron chi connectivity index (χ2n) is 12.8. The van der Waals surface area contributed by atoms with Gasteiger partial charge in [-0.15, -0.1) is 0 Å². The Morgan fingerprint density at radius 3 is 1.57 bits per heavy atom. The van der Waals surface area contributed by atoms with Crippen LogP contribution in [0.25, 0.3) is 0 Å². The van der Waals surface area contributed by atoms with Crippen LogP contribution in [-0.4, -0.2) is 77.1 Å². The second-order valence-corrected chi connectivity index (χ2v) is 12.8. The van der Waals surface area contributed by atoms with Gasteiger partial charge in [0.25, 0.3) is 11.8 Å². The molecule has 2 amide bonds. The topological polar surface area (TPSA) is 138 Å². The molecule has 274 valence electrons. The van der Waals surface area contributed by atoms with Gasteiger partial charge in [-0.2, -0.15) is 0 Å². The van der Waals surface area contributed by atoms with Crippen molar-refractivity contribution in [3.8, 4) is 0 Å². The Morgan fingerprint density at radius 2 is 1.06 bits per heavy atom. The van der Waals surface area contributed by atoms with Crippen LogP contribution >= 0.6 is 0 Å². The fourth-order valence-electron chi connectivity index (χ4n) is 6.62. The van der Waals surface area contributed by atoms with Crippen LogP contribution in [0.3, 0.4) is 0 Å². The number of benzene rings is 5. The summed E-state index contributed by atoms with van der Waals surface area (Å²) in [4.78, 5) is 55.5. The first-order valence-electron chi connectivity index (χ1n) is 17.5. The van der Waals surface area contributed by atoms with Crippen molar-refractivity contribution in [2.45, 2.75) is 50.0 Å². The Kier molecular flexibility index (Phi) is 11.3. The number of carbonyl (C=O) groups excluding carboxylic acids is 4. The monoisotopic (exact) mass is 727 g/mol. The molecule has 6 atom stereocenters. The summed E-state index contributed by atoms with van der Waals surface area (Å²) in [7, 11) is 0. The van der Waals surface area contributed by atoms with E-state index in [0.717, 1.165) is 16.0 Å². The number of hydrogen-bond acceptors (Lipinski definition) is 10. The zero-order valence-electron chi connectivity index (χ0n) is 29.0. The number of ether oxygens (including phenoxy) is 5. The van der Waals surface area contributed by atoms with E-state index in [2.05, 4.69) is 0 Å². The Morgan fingerprint density at radius 1 is 0.611 bits per heavy atom. The van der Waals surface area contributed by atoms with Gasteiger partial charge in [0.2, 0.25) is 0 Å². The molecule has 2 aliphatic heterocycles. The van der Waals surface area contributed by atoms with Crippen molar-refractivity contribution in [2.75, 3.05) is 6.61 Å². The van der Waals surface area contributed by atoms with E-state index in [1.165, 1.54) is 12.1 Å². The highest BCUT2D eigenvalue weighted by molar-refractivity contribution is 6.21. The minimum Gasteiger partial charge on any atom is -0.458 e. The van der Waals surface area contributed by atoms with Gasteiger partial charge in [-0.05, 0) is 47.5 Å². The summed E-state index contributed by atoms with van der Waals surface area (Å²) >= 11 is 0. The average Bonchev–Trinajstić information content (AvgIpc) is 3.47. The summed E-state index contributed by atoms with van der Waals surface area (Å²) in [5.74, 6) is -2.71. The summed E-state index contributed by atoms with van der Waals surface area (Å²) < 4.78 is 31.1. The number of hydrogen-bond donors (Lipinski definition) is 1. The van der Waals surface area contributed by atoms with Gasteiger partial charge in [0.15, 0.2) is 12.4 Å². The highest BCUT2D eigenvalue weighted by Gasteiger charge is 2.56. The molecule has 11 heteroatoms. The maximum Gasteiger partial charge on any atom is 0.338 e. The molecule has 5 aromatic rings. The van der Waals surface area contributed by atoms with Crippen molar-refractivity contribution in [1.29, 1.82) is 0 Å². The Balaban J connectivity index is 1.28. The van der Waals surface area contributed by atoms with Crippen LogP contribution in [0.1, 0.15) is 52.6 Å². The van der Waals surface area contributed by atoms with E-state index < -0.39 is 67.1 Å². The molecule has 2 heterocycles. The van der Waals surface area contributed by atoms with Crippen LogP contribution in [-0.2, 0) is 36.9 Å². The van der Waals surface area contributed by atoms with Crippen LogP contribution in [0, 0.1) is 0 Å². The van der Waals surface area contributed by atoms with Crippen LogP contribution in [0.5, 0.6) is 0 Å². The van der Waals surface area contributed by atoms with Crippen molar-refractivity contribution in [2.24, 2.45) is 0 Å². The minimum atomic E-state index is -1.85. The fourth-order valence-corrected chi connectivity index (χ4v) is 6.62. The van der Waals surface area contributed by atoms with Crippen molar-refractivity contribution in [1.82, 2.24) is 4.90 Å². The second kappa shape index (κ2) is 16.8. The molecule has 7 rings (SSSR count). The van der Waals surface area contributed by atoms with Crippen LogP contribution in [0.4, 0.5) is 0 Å². The number of esters is 2. The lowest BCUT2D eigenvalue weighted by molar-refractivity contribution is -0.295. The van der Waals surface area contributed by atoms with Gasteiger partial charge in [-0.1, -0.05) is 109 Å². The largest absolute Gasteiger partial charge is 0.458 e. The molecule has 0 radical (unpaired) electrons. The molecule has 5 unspecified atom stereocenters. The molecule has 0 saturated carbocycles. The van der Waals surface area contributed by atoms with E-state index in [4.69, 9.17) is 23.7 Å². The summed E-state index contributed by atoms with van der Waals surface area (Å²) in [6.07, 6.45) is -7.01. The van der Waals surface area contributed by atoms with E-state index in [1.807, 2.05) is 60.7 Å². The summed E-state index contributed by atoms with van der Waals surface area (Å²) in [6.45, 7) is -0.504. The number of aliphatic hydroxyl groups is 1. The Hall–Kier alpha value is -5.98. The van der Waals surface area contributed by atoms with Crippen molar-refractivity contribution >= 4 is 23.8 Å². The van der Waals surface area contributed by atoms with Crippen LogP contribution < -0.4 is 0 Å². The first-order valence-corrected chi connectivity index (χ1v) is 17.5. The summed E-state index contributed by atoms with van der Waals surface area (Å²) in [5.41, 5.74) is 2.36. The Bertz CT molecular complexity index is 2030.